The fourth-order valence-corrected chi connectivity index (χ4v) is 2.91. The first-order chi connectivity index (χ1) is 12.6. The zero-order chi connectivity index (χ0) is 18.5. The molecule has 1 aliphatic rings. The molecule has 3 rings (SSSR count). The number of hydrazine groups is 1. The number of anilines is 1. The second-order valence-corrected chi connectivity index (χ2v) is 6.27. The molecule has 26 heavy (non-hydrogen) atoms. The molecule has 2 atom stereocenters. The Morgan fingerprint density at radius 2 is 1.85 bits per heavy atom. The maximum Gasteiger partial charge on any atom is 0.333 e. The Bertz CT molecular complexity index is 780. The Labute approximate surface area is 156 Å². The van der Waals surface area contributed by atoms with Crippen molar-refractivity contribution < 1.29 is 14.3 Å². The van der Waals surface area contributed by atoms with Crippen molar-refractivity contribution in [3.8, 4) is 5.75 Å². The van der Waals surface area contributed by atoms with Crippen LogP contribution in [0.15, 0.2) is 48.5 Å². The minimum absolute atomic E-state index is 0.107. The summed E-state index contributed by atoms with van der Waals surface area (Å²) in [6.45, 7) is 0.489. The molecule has 0 radical (unpaired) electrons. The zero-order valence-electron chi connectivity index (χ0n) is 14.1. The second-order valence-electron chi connectivity index (χ2n) is 5.83. The topological polar surface area (TPSA) is 91.5 Å². The average Bonchev–Trinajstić information content (AvgIpc) is 3.02. The Hall–Kier alpha value is -2.77. The highest BCUT2D eigenvalue weighted by Gasteiger charge is 2.35. The summed E-state index contributed by atoms with van der Waals surface area (Å²) < 4.78 is 5.15. The van der Waals surface area contributed by atoms with Crippen LogP contribution < -0.4 is 26.2 Å². The molecule has 1 fully saturated rings. The molecular weight excluding hydrogens is 356 g/mol. The minimum Gasteiger partial charge on any atom is -0.497 e. The molecule has 1 heterocycles. The highest BCUT2D eigenvalue weighted by Crippen LogP contribution is 2.25. The third kappa shape index (κ3) is 4.25. The SMILES string of the molecule is COc1ccc([C@@H]2CNC(=O)[C@H]2NNC(=O)Nc2ccc(Cl)cc2)cc1. The molecule has 4 N–H and O–H groups in total. The summed E-state index contributed by atoms with van der Waals surface area (Å²) in [5.41, 5.74) is 6.90. The fraction of sp³-hybridized carbons (Fsp3) is 0.222. The number of methoxy groups -OCH3 is 1. The number of nitrogens with one attached hydrogen (secondary N) is 4. The molecule has 2 aromatic carbocycles. The van der Waals surface area contributed by atoms with Crippen molar-refractivity contribution in [2.24, 2.45) is 0 Å². The Kier molecular flexibility index (Phi) is 5.60. The number of hydrogen-bond acceptors (Lipinski definition) is 4. The highest BCUT2D eigenvalue weighted by atomic mass is 35.5. The molecule has 0 spiro atoms. The monoisotopic (exact) mass is 374 g/mol. The Balaban J connectivity index is 1.60. The zero-order valence-corrected chi connectivity index (χ0v) is 14.8. The number of benzene rings is 2. The molecule has 2 aromatic rings. The van der Waals surface area contributed by atoms with E-state index in [1.54, 1.807) is 31.4 Å². The number of halogens is 1. The van der Waals surface area contributed by atoms with E-state index in [9.17, 15) is 9.59 Å². The lowest BCUT2D eigenvalue weighted by molar-refractivity contribution is -0.121. The second kappa shape index (κ2) is 8.07. The standard InChI is InChI=1S/C18H19ClN4O3/c1-26-14-8-2-11(3-9-14)15-10-20-17(24)16(15)22-23-18(25)21-13-6-4-12(19)5-7-13/h2-9,15-16,22H,10H2,1H3,(H,20,24)(H2,21,23,25)/t15-,16-/m0/s1. The highest BCUT2D eigenvalue weighted by molar-refractivity contribution is 6.30. The van der Waals surface area contributed by atoms with Crippen molar-refractivity contribution in [3.63, 3.8) is 0 Å². The smallest absolute Gasteiger partial charge is 0.333 e. The minimum atomic E-state index is -0.570. The molecule has 0 saturated carbocycles. The number of ether oxygens (including phenoxy) is 1. The molecule has 0 aliphatic carbocycles. The summed E-state index contributed by atoms with van der Waals surface area (Å²) >= 11 is 5.81. The number of urea groups is 1. The quantitative estimate of drug-likeness (QED) is 0.604. The van der Waals surface area contributed by atoms with Gasteiger partial charge in [0.1, 0.15) is 11.8 Å². The molecular formula is C18H19ClN4O3. The summed E-state index contributed by atoms with van der Waals surface area (Å²) in [7, 11) is 1.60. The van der Waals surface area contributed by atoms with E-state index in [0.29, 0.717) is 17.3 Å². The summed E-state index contributed by atoms with van der Waals surface area (Å²) in [5, 5.41) is 6.05. The lowest BCUT2D eigenvalue weighted by Crippen LogP contribution is -2.50. The summed E-state index contributed by atoms with van der Waals surface area (Å²) in [4.78, 5) is 24.1. The van der Waals surface area contributed by atoms with Crippen molar-refractivity contribution in [1.29, 1.82) is 0 Å². The number of amides is 3. The largest absolute Gasteiger partial charge is 0.497 e. The first-order valence-electron chi connectivity index (χ1n) is 8.06. The van der Waals surface area contributed by atoms with Gasteiger partial charge in [0.25, 0.3) is 0 Å². The van der Waals surface area contributed by atoms with Crippen LogP contribution in [-0.4, -0.2) is 31.6 Å². The van der Waals surface area contributed by atoms with E-state index in [2.05, 4.69) is 21.5 Å². The van der Waals surface area contributed by atoms with E-state index >= 15 is 0 Å². The molecule has 7 nitrogen and oxygen atoms in total. The first-order valence-corrected chi connectivity index (χ1v) is 8.44. The third-order valence-corrected chi connectivity index (χ3v) is 4.42. The van der Waals surface area contributed by atoms with Gasteiger partial charge in [0.05, 0.1) is 7.11 Å². The summed E-state index contributed by atoms with van der Waals surface area (Å²) in [6.07, 6.45) is 0. The van der Waals surface area contributed by atoms with Crippen LogP contribution in [0, 0.1) is 0 Å². The van der Waals surface area contributed by atoms with Crippen LogP contribution in [0.5, 0.6) is 5.75 Å². The van der Waals surface area contributed by atoms with Crippen LogP contribution in [0.4, 0.5) is 10.5 Å². The van der Waals surface area contributed by atoms with E-state index in [4.69, 9.17) is 16.3 Å². The third-order valence-electron chi connectivity index (χ3n) is 4.17. The molecule has 0 unspecified atom stereocenters. The normalized spacial score (nSPS) is 18.9. The number of rotatable bonds is 5. The average molecular weight is 375 g/mol. The van der Waals surface area contributed by atoms with Crippen LogP contribution >= 0.6 is 11.6 Å². The van der Waals surface area contributed by atoms with Crippen molar-refractivity contribution in [1.82, 2.24) is 16.2 Å². The van der Waals surface area contributed by atoms with Gasteiger partial charge >= 0.3 is 6.03 Å². The lowest BCUT2D eigenvalue weighted by atomic mass is 9.94. The van der Waals surface area contributed by atoms with Crippen LogP contribution in [0.1, 0.15) is 11.5 Å². The van der Waals surface area contributed by atoms with E-state index in [-0.39, 0.29) is 11.8 Å². The van der Waals surface area contributed by atoms with Crippen LogP contribution in [0.25, 0.3) is 0 Å². The van der Waals surface area contributed by atoms with Gasteiger partial charge in [0.15, 0.2) is 0 Å². The van der Waals surface area contributed by atoms with Crippen LogP contribution in [0.2, 0.25) is 5.02 Å². The Morgan fingerprint density at radius 1 is 1.15 bits per heavy atom. The molecule has 8 heteroatoms. The van der Waals surface area contributed by atoms with Crippen molar-refractivity contribution in [2.45, 2.75) is 12.0 Å². The van der Waals surface area contributed by atoms with Gasteiger partial charge in [-0.3, -0.25) is 10.2 Å². The molecule has 1 aliphatic heterocycles. The fourth-order valence-electron chi connectivity index (χ4n) is 2.79. The molecule has 0 aromatic heterocycles. The van der Waals surface area contributed by atoms with Gasteiger partial charge in [0, 0.05) is 23.2 Å². The molecule has 136 valence electrons. The van der Waals surface area contributed by atoms with Crippen LogP contribution in [-0.2, 0) is 4.79 Å². The summed E-state index contributed by atoms with van der Waals surface area (Å²) in [5.74, 6) is 0.470. The predicted octanol–water partition coefficient (Wildman–Crippen LogP) is 2.26. The first kappa shape index (κ1) is 18.0. The predicted molar refractivity (Wildman–Crippen MR) is 99.3 cm³/mol. The maximum absolute atomic E-state index is 12.1. The molecule has 1 saturated heterocycles. The van der Waals surface area contributed by atoms with Crippen molar-refractivity contribution >= 4 is 29.2 Å². The molecule has 3 amide bonds. The van der Waals surface area contributed by atoms with Gasteiger partial charge in [-0.05, 0) is 42.0 Å². The van der Waals surface area contributed by atoms with Crippen molar-refractivity contribution in [2.75, 3.05) is 19.0 Å². The van der Waals surface area contributed by atoms with Gasteiger partial charge < -0.3 is 15.4 Å². The molecule has 0 bridgehead atoms. The van der Waals surface area contributed by atoms with Crippen LogP contribution in [0.3, 0.4) is 0 Å². The number of carbonyl (C=O) groups is 2. The van der Waals surface area contributed by atoms with Gasteiger partial charge in [-0.15, -0.1) is 0 Å². The van der Waals surface area contributed by atoms with Gasteiger partial charge in [0.2, 0.25) is 5.91 Å². The number of hydrogen-bond donors (Lipinski definition) is 4. The lowest BCUT2D eigenvalue weighted by Gasteiger charge is -2.19. The Morgan fingerprint density at radius 3 is 2.50 bits per heavy atom. The van der Waals surface area contributed by atoms with E-state index in [1.165, 1.54) is 0 Å². The summed E-state index contributed by atoms with van der Waals surface area (Å²) in [6, 6.07) is 13.2. The van der Waals surface area contributed by atoms with E-state index < -0.39 is 12.1 Å². The van der Waals surface area contributed by atoms with Gasteiger partial charge in [-0.25, -0.2) is 10.2 Å². The number of carbonyl (C=O) groups excluding carboxylic acids is 2. The van der Waals surface area contributed by atoms with Gasteiger partial charge in [-0.1, -0.05) is 23.7 Å². The van der Waals surface area contributed by atoms with E-state index in [1.807, 2.05) is 24.3 Å². The van der Waals surface area contributed by atoms with Gasteiger partial charge in [-0.2, -0.15) is 0 Å². The van der Waals surface area contributed by atoms with E-state index in [0.717, 1.165) is 11.3 Å². The van der Waals surface area contributed by atoms with Crippen molar-refractivity contribution in [3.05, 3.63) is 59.1 Å². The maximum atomic E-state index is 12.1.